The Labute approximate surface area is 125 Å². The summed E-state index contributed by atoms with van der Waals surface area (Å²) < 4.78 is 5.65. The monoisotopic (exact) mass is 293 g/mol. The molecule has 0 radical (unpaired) electrons. The highest BCUT2D eigenvalue weighted by Gasteiger charge is 2.21. The van der Waals surface area contributed by atoms with Gasteiger partial charge >= 0.3 is 5.97 Å². The zero-order chi connectivity index (χ0) is 16.0. The van der Waals surface area contributed by atoms with Crippen LogP contribution in [0.25, 0.3) is 0 Å². The van der Waals surface area contributed by atoms with E-state index in [9.17, 15) is 9.59 Å². The fraction of sp³-hybridized carbons (Fsp3) is 0.500. The lowest BCUT2D eigenvalue weighted by atomic mass is 10.1. The molecule has 0 saturated carbocycles. The van der Waals surface area contributed by atoms with Gasteiger partial charge in [0.25, 0.3) is 0 Å². The molecule has 1 aromatic rings. The smallest absolute Gasteiger partial charge is 0.303 e. The third kappa shape index (κ3) is 4.48. The third-order valence-electron chi connectivity index (χ3n) is 3.15. The lowest BCUT2D eigenvalue weighted by molar-refractivity contribution is -0.138. The Balaban J connectivity index is 3.14. The highest BCUT2D eigenvalue weighted by Crippen LogP contribution is 2.34. The topological polar surface area (TPSA) is 66.8 Å². The van der Waals surface area contributed by atoms with Gasteiger partial charge in [-0.15, -0.1) is 0 Å². The average Bonchev–Trinajstić information content (AvgIpc) is 2.40. The predicted molar refractivity (Wildman–Crippen MR) is 82.0 cm³/mol. The molecule has 1 N–H and O–H groups in total. The molecule has 116 valence electrons. The summed E-state index contributed by atoms with van der Waals surface area (Å²) in [5.74, 6) is -0.501. The molecule has 0 atom stereocenters. The van der Waals surface area contributed by atoms with Crippen LogP contribution in [0.15, 0.2) is 12.1 Å². The second kappa shape index (κ2) is 7.67. The Morgan fingerprint density at radius 3 is 2.38 bits per heavy atom. The van der Waals surface area contributed by atoms with E-state index in [2.05, 4.69) is 0 Å². The van der Waals surface area contributed by atoms with E-state index in [1.807, 2.05) is 39.8 Å². The first-order valence-corrected chi connectivity index (χ1v) is 7.16. The SMILES string of the molecule is CCOc1cc(C)cc(C)c1N(CC)C(=O)CCC(=O)O. The van der Waals surface area contributed by atoms with Gasteiger partial charge in [0.15, 0.2) is 0 Å². The van der Waals surface area contributed by atoms with Crippen LogP contribution in [-0.4, -0.2) is 30.1 Å². The van der Waals surface area contributed by atoms with Gasteiger partial charge < -0.3 is 14.7 Å². The average molecular weight is 293 g/mol. The van der Waals surface area contributed by atoms with Gasteiger partial charge in [-0.1, -0.05) is 6.07 Å². The van der Waals surface area contributed by atoms with Crippen molar-refractivity contribution in [1.82, 2.24) is 0 Å². The standard InChI is InChI=1S/C16H23NO4/c1-5-17(14(18)7-8-15(19)20)16-12(4)9-11(3)10-13(16)21-6-2/h9-10H,5-8H2,1-4H3,(H,19,20). The van der Waals surface area contributed by atoms with Gasteiger partial charge in [0.1, 0.15) is 5.75 Å². The quantitative estimate of drug-likeness (QED) is 0.839. The number of benzene rings is 1. The van der Waals surface area contributed by atoms with Gasteiger partial charge in [-0.25, -0.2) is 0 Å². The summed E-state index contributed by atoms with van der Waals surface area (Å²) in [4.78, 5) is 24.5. The van der Waals surface area contributed by atoms with Crippen LogP contribution in [0.4, 0.5) is 5.69 Å². The Morgan fingerprint density at radius 1 is 1.19 bits per heavy atom. The number of nitrogens with zero attached hydrogens (tertiary/aromatic N) is 1. The van der Waals surface area contributed by atoms with Crippen LogP contribution in [-0.2, 0) is 9.59 Å². The van der Waals surface area contributed by atoms with Crippen LogP contribution >= 0.6 is 0 Å². The summed E-state index contributed by atoms with van der Waals surface area (Å²) in [6, 6.07) is 3.89. The van der Waals surface area contributed by atoms with Crippen LogP contribution in [0.1, 0.15) is 37.8 Å². The number of ether oxygens (including phenoxy) is 1. The van der Waals surface area contributed by atoms with E-state index in [0.717, 1.165) is 16.8 Å². The fourth-order valence-electron chi connectivity index (χ4n) is 2.34. The summed E-state index contributed by atoms with van der Waals surface area (Å²) in [7, 11) is 0. The van der Waals surface area contributed by atoms with E-state index in [1.54, 1.807) is 4.90 Å². The second-order valence-corrected chi connectivity index (χ2v) is 4.89. The molecule has 0 fully saturated rings. The van der Waals surface area contributed by atoms with Gasteiger partial charge in [0, 0.05) is 13.0 Å². The molecule has 1 rings (SSSR count). The lowest BCUT2D eigenvalue weighted by Gasteiger charge is -2.26. The summed E-state index contributed by atoms with van der Waals surface area (Å²) >= 11 is 0. The second-order valence-electron chi connectivity index (χ2n) is 4.89. The molecular formula is C16H23NO4. The van der Waals surface area contributed by atoms with E-state index in [4.69, 9.17) is 9.84 Å². The molecule has 0 spiro atoms. The number of anilines is 1. The highest BCUT2D eigenvalue weighted by atomic mass is 16.5. The molecule has 1 amide bonds. The number of carboxylic acids is 1. The van der Waals surface area contributed by atoms with E-state index >= 15 is 0 Å². The first kappa shape index (κ1) is 17.0. The van der Waals surface area contributed by atoms with E-state index in [1.165, 1.54) is 0 Å². The molecule has 5 nitrogen and oxygen atoms in total. The number of amides is 1. The minimum Gasteiger partial charge on any atom is -0.492 e. The lowest BCUT2D eigenvalue weighted by Crippen LogP contribution is -2.32. The van der Waals surface area contributed by atoms with Crippen molar-refractivity contribution in [1.29, 1.82) is 0 Å². The highest BCUT2D eigenvalue weighted by molar-refractivity contribution is 5.97. The van der Waals surface area contributed by atoms with Crippen molar-refractivity contribution in [2.45, 2.75) is 40.5 Å². The number of aryl methyl sites for hydroxylation is 2. The Morgan fingerprint density at radius 2 is 1.86 bits per heavy atom. The minimum absolute atomic E-state index is 0.0119. The van der Waals surface area contributed by atoms with Crippen LogP contribution in [0, 0.1) is 13.8 Å². The zero-order valence-corrected chi connectivity index (χ0v) is 13.1. The van der Waals surface area contributed by atoms with Crippen molar-refractivity contribution in [2.24, 2.45) is 0 Å². The Kier molecular flexibility index (Phi) is 6.21. The van der Waals surface area contributed by atoms with E-state index < -0.39 is 5.97 Å². The molecule has 0 aliphatic carbocycles. The molecule has 5 heteroatoms. The van der Waals surface area contributed by atoms with Gasteiger partial charge in [0.05, 0.1) is 18.7 Å². The summed E-state index contributed by atoms with van der Waals surface area (Å²) in [5.41, 5.74) is 2.75. The van der Waals surface area contributed by atoms with Gasteiger partial charge in [-0.3, -0.25) is 9.59 Å². The van der Waals surface area contributed by atoms with Crippen molar-refractivity contribution < 1.29 is 19.4 Å². The number of hydrogen-bond acceptors (Lipinski definition) is 3. The zero-order valence-electron chi connectivity index (χ0n) is 13.1. The molecule has 1 aromatic carbocycles. The van der Waals surface area contributed by atoms with Gasteiger partial charge in [0.2, 0.25) is 5.91 Å². The van der Waals surface area contributed by atoms with Crippen molar-refractivity contribution in [3.8, 4) is 5.75 Å². The number of aliphatic carboxylic acids is 1. The van der Waals surface area contributed by atoms with Crippen LogP contribution < -0.4 is 9.64 Å². The van der Waals surface area contributed by atoms with E-state index in [0.29, 0.717) is 18.9 Å². The van der Waals surface area contributed by atoms with Crippen LogP contribution in [0.2, 0.25) is 0 Å². The predicted octanol–water partition coefficient (Wildman–Crippen LogP) is 2.92. The third-order valence-corrected chi connectivity index (χ3v) is 3.15. The van der Waals surface area contributed by atoms with E-state index in [-0.39, 0.29) is 18.7 Å². The van der Waals surface area contributed by atoms with Crippen LogP contribution in [0.3, 0.4) is 0 Å². The molecule has 0 aromatic heterocycles. The first-order valence-electron chi connectivity index (χ1n) is 7.16. The summed E-state index contributed by atoms with van der Waals surface area (Å²) in [5, 5.41) is 8.72. The minimum atomic E-state index is -0.968. The normalized spacial score (nSPS) is 10.3. The molecule has 0 bridgehead atoms. The molecule has 0 aliphatic heterocycles. The summed E-state index contributed by atoms with van der Waals surface area (Å²) in [6.45, 7) is 8.65. The summed E-state index contributed by atoms with van der Waals surface area (Å²) in [6.07, 6.45) is -0.174. The number of rotatable bonds is 7. The number of carboxylic acid groups (broad SMARTS) is 1. The van der Waals surface area contributed by atoms with Crippen molar-refractivity contribution >= 4 is 17.6 Å². The van der Waals surface area contributed by atoms with Gasteiger partial charge in [-0.05, 0) is 44.9 Å². The fourth-order valence-corrected chi connectivity index (χ4v) is 2.34. The Hall–Kier alpha value is -2.04. The van der Waals surface area contributed by atoms with Crippen molar-refractivity contribution in [2.75, 3.05) is 18.1 Å². The van der Waals surface area contributed by atoms with Crippen molar-refractivity contribution in [3.63, 3.8) is 0 Å². The number of carbonyl (C=O) groups excluding carboxylic acids is 1. The molecular weight excluding hydrogens is 270 g/mol. The van der Waals surface area contributed by atoms with Crippen molar-refractivity contribution in [3.05, 3.63) is 23.3 Å². The Bertz CT molecular complexity index is 525. The molecule has 0 saturated heterocycles. The maximum Gasteiger partial charge on any atom is 0.303 e. The maximum atomic E-state index is 12.3. The first-order chi connectivity index (χ1) is 9.90. The molecule has 21 heavy (non-hydrogen) atoms. The van der Waals surface area contributed by atoms with Gasteiger partial charge in [-0.2, -0.15) is 0 Å². The number of carbonyl (C=O) groups is 2. The molecule has 0 heterocycles. The molecule has 0 unspecified atom stereocenters. The van der Waals surface area contributed by atoms with Crippen LogP contribution in [0.5, 0.6) is 5.75 Å². The largest absolute Gasteiger partial charge is 0.492 e. The maximum absolute atomic E-state index is 12.3. The number of hydrogen-bond donors (Lipinski definition) is 1. The molecule has 0 aliphatic rings.